The molecule has 0 saturated heterocycles. The molecule has 0 nitrogen and oxygen atoms in total. The van der Waals surface area contributed by atoms with Crippen LogP contribution in [0.5, 0.6) is 0 Å². The molecule has 2 aromatic rings. The second kappa shape index (κ2) is 28.7. The average molecular weight is 464 g/mol. The van der Waals surface area contributed by atoms with Gasteiger partial charge in [-0.3, -0.25) is 12.2 Å². The SMILES string of the molecule is Cl.Cl.[C-]1=CC=CC1.[C-]1=CC=CC1.[CH3-].[Zr].[c-]1ccccc1.[c-]1ccccc1. The molecule has 0 amide bonds. The fraction of sp³-hybridized carbons (Fsp3) is 0.0870. The molecule has 2 aromatic carbocycles. The van der Waals surface area contributed by atoms with E-state index in [1.807, 2.05) is 85.0 Å². The molecule has 3 heteroatoms. The van der Waals surface area contributed by atoms with E-state index in [0.29, 0.717) is 0 Å². The van der Waals surface area contributed by atoms with Crippen LogP contribution in [-0.4, -0.2) is 0 Å². The second-order valence-corrected chi connectivity index (χ2v) is 4.16. The van der Waals surface area contributed by atoms with Crippen LogP contribution in [0, 0.1) is 31.7 Å². The maximum atomic E-state index is 2.99. The molecule has 0 aromatic heterocycles. The Labute approximate surface area is 191 Å². The van der Waals surface area contributed by atoms with E-state index in [1.54, 1.807) is 0 Å². The molecular formula is C23H25Cl2Zr-5. The third-order valence-corrected chi connectivity index (χ3v) is 2.39. The molecule has 26 heavy (non-hydrogen) atoms. The minimum absolute atomic E-state index is 0. The monoisotopic (exact) mass is 461 g/mol. The largest absolute Gasteiger partial charge is 0.358 e. The van der Waals surface area contributed by atoms with Gasteiger partial charge in [-0.25, -0.2) is 24.3 Å². The van der Waals surface area contributed by atoms with E-state index in [2.05, 4.69) is 36.4 Å². The van der Waals surface area contributed by atoms with Crippen molar-refractivity contribution in [2.75, 3.05) is 0 Å². The standard InChI is InChI=1S/2C6H5.2C5H5.CH3.2ClH.Zr/c2*1-2-4-6-5-3-1;2*1-2-4-5-3-1;;;;/h2*1-5H;2*1-3H,4H2;1H3;2*1H;/q5*-1;;;. The Bertz CT molecular complexity index is 434. The first kappa shape index (κ1) is 32.5. The third-order valence-electron chi connectivity index (χ3n) is 2.39. The fourth-order valence-electron chi connectivity index (χ4n) is 1.36. The summed E-state index contributed by atoms with van der Waals surface area (Å²) in [5, 5.41) is 0. The summed E-state index contributed by atoms with van der Waals surface area (Å²) in [5.41, 5.74) is 0. The molecule has 0 unspecified atom stereocenters. The molecule has 0 aliphatic heterocycles. The van der Waals surface area contributed by atoms with Crippen LogP contribution in [0.1, 0.15) is 12.8 Å². The van der Waals surface area contributed by atoms with Crippen LogP contribution < -0.4 is 0 Å². The Kier molecular flexibility index (Phi) is 35.9. The zero-order valence-corrected chi connectivity index (χ0v) is 19.1. The molecular weight excluding hydrogens is 438 g/mol. The van der Waals surface area contributed by atoms with Crippen molar-refractivity contribution in [3.63, 3.8) is 0 Å². The number of halogens is 2. The summed E-state index contributed by atoms with van der Waals surface area (Å²) in [4.78, 5) is 0. The van der Waals surface area contributed by atoms with Gasteiger partial charge in [0.2, 0.25) is 0 Å². The van der Waals surface area contributed by atoms with Crippen LogP contribution in [0.3, 0.4) is 0 Å². The molecule has 0 fully saturated rings. The summed E-state index contributed by atoms with van der Waals surface area (Å²) in [6, 6.07) is 25.0. The first-order valence-corrected chi connectivity index (χ1v) is 7.26. The smallest absolute Gasteiger partial charge is 0 e. The van der Waals surface area contributed by atoms with E-state index in [4.69, 9.17) is 0 Å². The number of hydrogen-bond acceptors (Lipinski definition) is 0. The van der Waals surface area contributed by atoms with Crippen molar-refractivity contribution in [3.05, 3.63) is 129 Å². The number of allylic oxidation sites excluding steroid dienone is 8. The number of hydrogen-bond donors (Lipinski definition) is 0. The molecule has 0 atom stereocenters. The average Bonchev–Trinajstić information content (AvgIpc) is 3.37. The predicted octanol–water partition coefficient (Wildman–Crippen LogP) is 6.88. The van der Waals surface area contributed by atoms with Crippen LogP contribution in [-0.2, 0) is 26.2 Å². The van der Waals surface area contributed by atoms with E-state index in [-0.39, 0.29) is 58.4 Å². The second-order valence-electron chi connectivity index (χ2n) is 4.16. The van der Waals surface area contributed by atoms with Crippen LogP contribution in [0.2, 0.25) is 0 Å². The molecule has 0 saturated carbocycles. The first-order chi connectivity index (χ1) is 11.0. The van der Waals surface area contributed by atoms with Gasteiger partial charge in [-0.15, -0.1) is 37.7 Å². The maximum Gasteiger partial charge on any atom is 0 e. The van der Waals surface area contributed by atoms with Gasteiger partial charge in [0.1, 0.15) is 0 Å². The Hall–Kier alpha value is -1.14. The summed E-state index contributed by atoms with van der Waals surface area (Å²) in [7, 11) is 0. The molecule has 2 aliphatic carbocycles. The third kappa shape index (κ3) is 25.1. The summed E-state index contributed by atoms with van der Waals surface area (Å²) in [6.07, 6.45) is 20.0. The van der Waals surface area contributed by atoms with Gasteiger partial charge in [0.25, 0.3) is 0 Å². The van der Waals surface area contributed by atoms with Crippen molar-refractivity contribution in [3.8, 4) is 0 Å². The molecule has 0 radical (unpaired) electrons. The molecule has 0 bridgehead atoms. The van der Waals surface area contributed by atoms with Crippen LogP contribution in [0.4, 0.5) is 0 Å². The summed E-state index contributed by atoms with van der Waals surface area (Å²) >= 11 is 0. The molecule has 0 N–H and O–H groups in total. The van der Waals surface area contributed by atoms with Crippen molar-refractivity contribution < 1.29 is 26.2 Å². The van der Waals surface area contributed by atoms with Crippen molar-refractivity contribution in [2.45, 2.75) is 12.8 Å². The van der Waals surface area contributed by atoms with Gasteiger partial charge in [0, 0.05) is 26.2 Å². The van der Waals surface area contributed by atoms with Crippen LogP contribution in [0.15, 0.2) is 97.1 Å². The fourth-order valence-corrected chi connectivity index (χ4v) is 1.36. The van der Waals surface area contributed by atoms with Gasteiger partial charge in [-0.2, -0.15) is 84.9 Å². The number of rotatable bonds is 0. The number of benzene rings is 2. The minimum atomic E-state index is 0. The van der Waals surface area contributed by atoms with Crippen molar-refractivity contribution in [2.24, 2.45) is 0 Å². The Morgan fingerprint density at radius 1 is 0.538 bits per heavy atom. The summed E-state index contributed by atoms with van der Waals surface area (Å²) in [5.74, 6) is 0. The molecule has 2 aliphatic rings. The van der Waals surface area contributed by atoms with Crippen molar-refractivity contribution >= 4 is 24.8 Å². The molecule has 140 valence electrons. The molecule has 4 rings (SSSR count). The molecule has 0 heterocycles. The van der Waals surface area contributed by atoms with Gasteiger partial charge in [-0.05, 0) is 0 Å². The van der Waals surface area contributed by atoms with E-state index >= 15 is 0 Å². The summed E-state index contributed by atoms with van der Waals surface area (Å²) in [6.45, 7) is 0. The topological polar surface area (TPSA) is 0 Å². The van der Waals surface area contributed by atoms with E-state index in [0.717, 1.165) is 12.8 Å². The zero-order valence-electron chi connectivity index (χ0n) is 15.0. The van der Waals surface area contributed by atoms with Crippen LogP contribution >= 0.6 is 24.8 Å². The van der Waals surface area contributed by atoms with Crippen molar-refractivity contribution in [1.82, 2.24) is 0 Å². The van der Waals surface area contributed by atoms with Gasteiger partial charge >= 0.3 is 0 Å². The Morgan fingerprint density at radius 2 is 0.885 bits per heavy atom. The van der Waals surface area contributed by atoms with Crippen LogP contribution in [0.25, 0.3) is 0 Å². The Balaban J connectivity index is -0.000000118. The quantitative estimate of drug-likeness (QED) is 0.374. The minimum Gasteiger partial charge on any atom is -0.358 e. The van der Waals surface area contributed by atoms with Gasteiger partial charge < -0.3 is 7.43 Å². The van der Waals surface area contributed by atoms with Gasteiger partial charge in [0.15, 0.2) is 0 Å². The maximum absolute atomic E-state index is 2.99. The Morgan fingerprint density at radius 3 is 0.962 bits per heavy atom. The van der Waals surface area contributed by atoms with Crippen molar-refractivity contribution in [1.29, 1.82) is 0 Å². The predicted molar refractivity (Wildman–Crippen MR) is 115 cm³/mol. The molecule has 0 spiro atoms. The summed E-state index contributed by atoms with van der Waals surface area (Å²) < 4.78 is 0. The van der Waals surface area contributed by atoms with E-state index < -0.39 is 0 Å². The normalized spacial score (nSPS) is 10.5. The zero-order chi connectivity index (χ0) is 15.6. The van der Waals surface area contributed by atoms with E-state index in [1.165, 1.54) is 0 Å². The van der Waals surface area contributed by atoms with Gasteiger partial charge in [-0.1, -0.05) is 0 Å². The first-order valence-electron chi connectivity index (χ1n) is 7.26. The van der Waals surface area contributed by atoms with Gasteiger partial charge in [0.05, 0.1) is 0 Å². The van der Waals surface area contributed by atoms with E-state index in [9.17, 15) is 0 Å².